The molecule has 0 N–H and O–H groups in total. The summed E-state index contributed by atoms with van der Waals surface area (Å²) in [5.74, 6) is 0. The summed E-state index contributed by atoms with van der Waals surface area (Å²) in [4.78, 5) is 0. The Morgan fingerprint density at radius 3 is 2.02 bits per heavy atom. The van der Waals surface area contributed by atoms with E-state index in [-0.39, 0.29) is 0 Å². The molecule has 0 amide bonds. The fourth-order valence-corrected chi connectivity index (χ4v) is 7.32. The normalized spacial score (nSPS) is 11.8. The van der Waals surface area contributed by atoms with Crippen LogP contribution in [0, 0.1) is 11.3 Å². The maximum atomic E-state index is 10.4. The molecule has 4 heteroatoms. The molecule has 0 radical (unpaired) electrons. The van der Waals surface area contributed by atoms with Crippen LogP contribution in [0.15, 0.2) is 154 Å². The summed E-state index contributed by atoms with van der Waals surface area (Å²) >= 11 is 0. The van der Waals surface area contributed by atoms with Gasteiger partial charge in [0, 0.05) is 37.9 Å². The van der Waals surface area contributed by atoms with Crippen LogP contribution in [-0.2, 0) is 0 Å². The number of furan rings is 2. The number of hydrogen-bond donors (Lipinski definition) is 0. The predicted octanol–water partition coefficient (Wildman–Crippen LogP) is 11.8. The van der Waals surface area contributed by atoms with Gasteiger partial charge in [0.1, 0.15) is 17.2 Å². The molecule has 0 aliphatic carbocycles. The number of rotatable bonds is 3. The Kier molecular flexibility index (Phi) is 5.32. The molecule has 0 unspecified atom stereocenters. The molecule has 0 spiro atoms. The van der Waals surface area contributed by atoms with E-state index in [1.165, 1.54) is 21.9 Å². The molecule has 3 aromatic heterocycles. The first kappa shape index (κ1) is 25.7. The molecule has 0 saturated heterocycles. The van der Waals surface area contributed by atoms with E-state index in [4.69, 9.17) is 8.83 Å². The molecular formula is C43H24N2O2. The first-order valence-corrected chi connectivity index (χ1v) is 15.7. The van der Waals surface area contributed by atoms with Crippen molar-refractivity contribution in [2.24, 2.45) is 0 Å². The lowest BCUT2D eigenvalue weighted by molar-refractivity contribution is 0.665. The minimum atomic E-state index is 0.488. The predicted molar refractivity (Wildman–Crippen MR) is 191 cm³/mol. The summed E-state index contributed by atoms with van der Waals surface area (Å²) in [5, 5.41) is 16.7. The molecule has 47 heavy (non-hydrogen) atoms. The quantitative estimate of drug-likeness (QED) is 0.203. The zero-order valence-corrected chi connectivity index (χ0v) is 25.1. The van der Waals surface area contributed by atoms with Gasteiger partial charge < -0.3 is 13.4 Å². The second kappa shape index (κ2) is 9.71. The van der Waals surface area contributed by atoms with E-state index in [0.717, 1.165) is 66.1 Å². The van der Waals surface area contributed by atoms with Gasteiger partial charge >= 0.3 is 0 Å². The van der Waals surface area contributed by atoms with Gasteiger partial charge in [-0.05, 0) is 59.2 Å². The molecule has 0 bridgehead atoms. The van der Waals surface area contributed by atoms with E-state index in [2.05, 4.69) is 120 Å². The Hall–Kier alpha value is -6.57. The Balaban J connectivity index is 1.23. The molecule has 10 rings (SSSR count). The number of para-hydroxylation sites is 4. The third-order valence-electron chi connectivity index (χ3n) is 9.43. The van der Waals surface area contributed by atoms with Crippen molar-refractivity contribution >= 4 is 65.7 Å². The standard InChI is InChI=1S/C43H24N2O2/c44-25-29-22-28(30-14-8-15-33-32-13-5-7-19-40(32)46-42(30)33)24-36-34-16-9-18-39(43(34)47-41(29)36)45-37-17-6-4-12-31(37)35-23-27(20-21-38(35)45)26-10-2-1-3-11-26/h1-24H. The maximum Gasteiger partial charge on any atom is 0.159 e. The number of nitriles is 1. The van der Waals surface area contributed by atoms with Crippen molar-refractivity contribution in [3.05, 3.63) is 151 Å². The summed E-state index contributed by atoms with van der Waals surface area (Å²) < 4.78 is 15.3. The van der Waals surface area contributed by atoms with Crippen LogP contribution in [0.5, 0.6) is 0 Å². The summed E-state index contributed by atoms with van der Waals surface area (Å²) in [5.41, 5.74) is 10.8. The minimum Gasteiger partial charge on any atom is -0.455 e. The highest BCUT2D eigenvalue weighted by molar-refractivity contribution is 6.15. The fourth-order valence-electron chi connectivity index (χ4n) is 7.32. The van der Waals surface area contributed by atoms with Crippen LogP contribution >= 0.6 is 0 Å². The lowest BCUT2D eigenvalue weighted by Crippen LogP contribution is -1.94. The van der Waals surface area contributed by atoms with Gasteiger partial charge in [-0.15, -0.1) is 0 Å². The topological polar surface area (TPSA) is 55.0 Å². The SMILES string of the molecule is N#Cc1cc(-c2cccc3c2oc2ccccc23)cc2c1oc1c(-n3c4ccccc4c4cc(-c5ccccc5)ccc43)cccc12. The van der Waals surface area contributed by atoms with Gasteiger partial charge in [-0.1, -0.05) is 103 Å². The fraction of sp³-hybridized carbons (Fsp3) is 0. The zero-order valence-electron chi connectivity index (χ0n) is 25.1. The average molecular weight is 601 g/mol. The molecule has 4 nitrogen and oxygen atoms in total. The van der Waals surface area contributed by atoms with Crippen LogP contribution in [0.3, 0.4) is 0 Å². The number of benzene rings is 7. The first-order valence-electron chi connectivity index (χ1n) is 15.7. The van der Waals surface area contributed by atoms with Gasteiger partial charge in [0.2, 0.25) is 0 Å². The molecule has 0 atom stereocenters. The van der Waals surface area contributed by atoms with Crippen LogP contribution < -0.4 is 0 Å². The Bertz CT molecular complexity index is 2920. The minimum absolute atomic E-state index is 0.488. The van der Waals surface area contributed by atoms with Gasteiger partial charge in [0.15, 0.2) is 11.2 Å². The second-order valence-corrected chi connectivity index (χ2v) is 12.0. The van der Waals surface area contributed by atoms with Crippen molar-refractivity contribution in [3.8, 4) is 34.0 Å². The van der Waals surface area contributed by atoms with Crippen LogP contribution in [0.2, 0.25) is 0 Å². The van der Waals surface area contributed by atoms with Crippen molar-refractivity contribution < 1.29 is 8.83 Å². The number of nitrogens with zero attached hydrogens (tertiary/aromatic N) is 2. The largest absolute Gasteiger partial charge is 0.455 e. The summed E-state index contributed by atoms with van der Waals surface area (Å²) in [7, 11) is 0. The lowest BCUT2D eigenvalue weighted by Gasteiger charge is -2.09. The van der Waals surface area contributed by atoms with Gasteiger partial charge in [-0.25, -0.2) is 0 Å². The Morgan fingerprint density at radius 1 is 0.447 bits per heavy atom. The van der Waals surface area contributed by atoms with Crippen LogP contribution in [0.1, 0.15) is 5.56 Å². The number of aromatic nitrogens is 1. The molecular weight excluding hydrogens is 576 g/mol. The molecule has 0 aliphatic rings. The summed E-state index contributed by atoms with van der Waals surface area (Å²) in [6, 6.07) is 52.6. The van der Waals surface area contributed by atoms with Gasteiger partial charge in [-0.3, -0.25) is 0 Å². The Labute approximate surface area is 268 Å². The highest BCUT2D eigenvalue weighted by atomic mass is 16.3. The first-order chi connectivity index (χ1) is 23.3. The second-order valence-electron chi connectivity index (χ2n) is 12.0. The van der Waals surface area contributed by atoms with Gasteiger partial charge in [0.25, 0.3) is 0 Å². The maximum absolute atomic E-state index is 10.4. The van der Waals surface area contributed by atoms with Gasteiger partial charge in [0.05, 0.1) is 22.3 Å². The van der Waals surface area contributed by atoms with E-state index < -0.39 is 0 Å². The van der Waals surface area contributed by atoms with Crippen molar-refractivity contribution in [1.82, 2.24) is 4.57 Å². The van der Waals surface area contributed by atoms with Crippen molar-refractivity contribution in [2.45, 2.75) is 0 Å². The van der Waals surface area contributed by atoms with E-state index >= 15 is 0 Å². The summed E-state index contributed by atoms with van der Waals surface area (Å²) in [6.07, 6.45) is 0. The molecule has 218 valence electrons. The monoisotopic (exact) mass is 600 g/mol. The van der Waals surface area contributed by atoms with Gasteiger partial charge in [-0.2, -0.15) is 5.26 Å². The van der Waals surface area contributed by atoms with E-state index in [1.54, 1.807) is 0 Å². The highest BCUT2D eigenvalue weighted by Gasteiger charge is 2.21. The highest BCUT2D eigenvalue weighted by Crippen LogP contribution is 2.42. The molecule has 0 fully saturated rings. The smallest absolute Gasteiger partial charge is 0.159 e. The van der Waals surface area contributed by atoms with Crippen molar-refractivity contribution in [1.29, 1.82) is 5.26 Å². The number of fused-ring (bicyclic) bond motifs is 9. The average Bonchev–Trinajstić information content (AvgIpc) is 3.81. The Morgan fingerprint density at radius 2 is 1.15 bits per heavy atom. The van der Waals surface area contributed by atoms with E-state index in [0.29, 0.717) is 11.1 Å². The number of hydrogen-bond acceptors (Lipinski definition) is 3. The van der Waals surface area contributed by atoms with E-state index in [1.807, 2.05) is 36.4 Å². The van der Waals surface area contributed by atoms with Crippen LogP contribution in [0.4, 0.5) is 0 Å². The molecule has 3 heterocycles. The van der Waals surface area contributed by atoms with Crippen molar-refractivity contribution in [3.63, 3.8) is 0 Å². The molecule has 0 aliphatic heterocycles. The molecule has 10 aromatic rings. The molecule has 0 saturated carbocycles. The zero-order chi connectivity index (χ0) is 31.1. The van der Waals surface area contributed by atoms with Crippen LogP contribution in [0.25, 0.3) is 93.6 Å². The third-order valence-corrected chi connectivity index (χ3v) is 9.43. The van der Waals surface area contributed by atoms with Crippen molar-refractivity contribution in [2.75, 3.05) is 0 Å². The van der Waals surface area contributed by atoms with Crippen LogP contribution in [-0.4, -0.2) is 4.57 Å². The lowest BCUT2D eigenvalue weighted by atomic mass is 9.98. The summed E-state index contributed by atoms with van der Waals surface area (Å²) in [6.45, 7) is 0. The molecule has 7 aromatic carbocycles. The van der Waals surface area contributed by atoms with E-state index in [9.17, 15) is 5.26 Å². The third kappa shape index (κ3) is 3.69.